The topological polar surface area (TPSA) is 70.2 Å². The van der Waals surface area contributed by atoms with Crippen LogP contribution in [0.2, 0.25) is 0 Å². The summed E-state index contributed by atoms with van der Waals surface area (Å²) in [7, 11) is -2.23. The molecule has 5 nitrogen and oxygen atoms in total. The first-order valence-corrected chi connectivity index (χ1v) is 7.47. The summed E-state index contributed by atoms with van der Waals surface area (Å²) in [5, 5.41) is 0. The minimum absolute atomic E-state index is 0.231. The van der Waals surface area contributed by atoms with E-state index in [1.54, 1.807) is 0 Å². The summed E-state index contributed by atoms with van der Waals surface area (Å²) in [6, 6.07) is 1.32. The van der Waals surface area contributed by atoms with Crippen LogP contribution in [0.15, 0.2) is 26.4 Å². The highest BCUT2D eigenvalue weighted by Gasteiger charge is 2.23. The van der Waals surface area contributed by atoms with E-state index in [-0.39, 0.29) is 4.90 Å². The highest BCUT2D eigenvalue weighted by atomic mass is 79.9. The van der Waals surface area contributed by atoms with Gasteiger partial charge in [0.15, 0.2) is 0 Å². The summed E-state index contributed by atoms with van der Waals surface area (Å²) in [4.78, 5) is 13.7. The van der Waals surface area contributed by atoms with Crippen molar-refractivity contribution >= 4 is 26.0 Å². The number of aromatic nitrogens is 1. The van der Waals surface area contributed by atoms with Crippen molar-refractivity contribution in [2.75, 3.05) is 13.6 Å². The molecule has 0 aliphatic carbocycles. The Hall–Kier alpha value is -0.660. The molecule has 96 valence electrons. The van der Waals surface area contributed by atoms with Crippen LogP contribution in [0.1, 0.15) is 19.8 Å². The minimum Gasteiger partial charge on any atom is -0.327 e. The molecule has 0 saturated heterocycles. The first-order chi connectivity index (χ1) is 7.89. The normalized spacial score (nSPS) is 12.0. The number of hydrogen-bond donors (Lipinski definition) is 1. The van der Waals surface area contributed by atoms with Gasteiger partial charge in [0.2, 0.25) is 10.0 Å². The van der Waals surface area contributed by atoms with E-state index in [0.29, 0.717) is 11.0 Å². The van der Waals surface area contributed by atoms with Crippen LogP contribution in [-0.2, 0) is 10.0 Å². The minimum atomic E-state index is -3.70. The lowest BCUT2D eigenvalue weighted by atomic mass is 10.3. The summed E-state index contributed by atoms with van der Waals surface area (Å²) >= 11 is 3.14. The number of H-pyrrole nitrogens is 1. The van der Waals surface area contributed by atoms with E-state index in [2.05, 4.69) is 20.9 Å². The molecule has 0 unspecified atom stereocenters. The van der Waals surface area contributed by atoms with Crippen molar-refractivity contribution in [3.63, 3.8) is 0 Å². The molecule has 0 fully saturated rings. The maximum atomic E-state index is 12.1. The molecular formula is C10H15BrN2O3S. The third-order valence-corrected chi connectivity index (χ3v) is 4.67. The molecular weight excluding hydrogens is 308 g/mol. The molecule has 0 spiro atoms. The Kier molecular flexibility index (Phi) is 4.91. The molecule has 1 aromatic rings. The van der Waals surface area contributed by atoms with Crippen LogP contribution in [0.25, 0.3) is 0 Å². The lowest BCUT2D eigenvalue weighted by Crippen LogP contribution is -2.32. The van der Waals surface area contributed by atoms with Gasteiger partial charge < -0.3 is 4.98 Å². The summed E-state index contributed by atoms with van der Waals surface area (Å²) < 4.78 is 25.9. The van der Waals surface area contributed by atoms with Gasteiger partial charge in [0, 0.05) is 24.3 Å². The second kappa shape index (κ2) is 5.79. The largest absolute Gasteiger partial charge is 0.327 e. The Morgan fingerprint density at radius 3 is 2.71 bits per heavy atom. The third kappa shape index (κ3) is 3.40. The molecule has 1 N–H and O–H groups in total. The van der Waals surface area contributed by atoms with Gasteiger partial charge in [0.1, 0.15) is 4.90 Å². The van der Waals surface area contributed by atoms with E-state index in [1.165, 1.54) is 23.6 Å². The van der Waals surface area contributed by atoms with Crippen molar-refractivity contribution in [3.8, 4) is 0 Å². The van der Waals surface area contributed by atoms with Gasteiger partial charge in [-0.05, 0) is 28.4 Å². The van der Waals surface area contributed by atoms with E-state index >= 15 is 0 Å². The Morgan fingerprint density at radius 2 is 2.12 bits per heavy atom. The fraction of sp³-hybridized carbons (Fsp3) is 0.500. The van der Waals surface area contributed by atoms with Crippen molar-refractivity contribution in [3.05, 3.63) is 27.1 Å². The first kappa shape index (κ1) is 14.4. The number of aromatic amines is 1. The molecule has 7 heteroatoms. The molecule has 0 aliphatic heterocycles. The Labute approximate surface area is 109 Å². The van der Waals surface area contributed by atoms with Gasteiger partial charge in [-0.15, -0.1) is 0 Å². The second-order valence-corrected chi connectivity index (χ2v) is 6.62. The van der Waals surface area contributed by atoms with Gasteiger partial charge in [0.05, 0.1) is 0 Å². The number of pyridine rings is 1. The molecule has 0 aliphatic rings. The van der Waals surface area contributed by atoms with Crippen molar-refractivity contribution in [2.45, 2.75) is 24.7 Å². The zero-order valence-electron chi connectivity index (χ0n) is 9.73. The maximum absolute atomic E-state index is 12.1. The highest BCUT2D eigenvalue weighted by molar-refractivity contribution is 9.10. The van der Waals surface area contributed by atoms with Gasteiger partial charge in [-0.2, -0.15) is 0 Å². The number of unbranched alkanes of at least 4 members (excludes halogenated alkanes) is 1. The Morgan fingerprint density at radius 1 is 1.47 bits per heavy atom. The van der Waals surface area contributed by atoms with Gasteiger partial charge in [-0.25, -0.2) is 12.7 Å². The summed E-state index contributed by atoms with van der Waals surface area (Å²) in [6.07, 6.45) is 3.07. The van der Waals surface area contributed by atoms with Crippen LogP contribution in [0.3, 0.4) is 0 Å². The predicted octanol–water partition coefficient (Wildman–Crippen LogP) is 1.56. The maximum Gasteiger partial charge on any atom is 0.268 e. The van der Waals surface area contributed by atoms with Crippen LogP contribution in [0.5, 0.6) is 0 Å². The molecule has 0 radical (unpaired) electrons. The zero-order chi connectivity index (χ0) is 13.1. The predicted molar refractivity (Wildman–Crippen MR) is 69.5 cm³/mol. The molecule has 0 bridgehead atoms. The molecule has 1 heterocycles. The van der Waals surface area contributed by atoms with Crippen LogP contribution in [0, 0.1) is 0 Å². The molecule has 17 heavy (non-hydrogen) atoms. The number of hydrogen-bond acceptors (Lipinski definition) is 3. The molecule has 1 aromatic heterocycles. The Balaban J connectivity index is 3.13. The lowest BCUT2D eigenvalue weighted by Gasteiger charge is -2.16. The van der Waals surface area contributed by atoms with E-state index in [0.717, 1.165) is 12.8 Å². The van der Waals surface area contributed by atoms with E-state index in [4.69, 9.17) is 0 Å². The van der Waals surface area contributed by atoms with Crippen molar-refractivity contribution in [1.82, 2.24) is 9.29 Å². The van der Waals surface area contributed by atoms with Gasteiger partial charge in [-0.3, -0.25) is 4.79 Å². The van der Waals surface area contributed by atoms with Crippen LogP contribution in [0.4, 0.5) is 0 Å². The molecule has 1 rings (SSSR count). The fourth-order valence-electron chi connectivity index (χ4n) is 1.30. The monoisotopic (exact) mass is 322 g/mol. The van der Waals surface area contributed by atoms with E-state index in [1.807, 2.05) is 6.92 Å². The lowest BCUT2D eigenvalue weighted by molar-refractivity contribution is 0.458. The van der Waals surface area contributed by atoms with Crippen molar-refractivity contribution < 1.29 is 8.42 Å². The standard InChI is InChI=1S/C10H15BrN2O3S/c1-3-4-5-13(2)17(15,16)9-6-8(11)7-12-10(9)14/h6-7H,3-5H2,1-2H3,(H,12,14). The Bertz CT molecular complexity index is 539. The number of halogens is 1. The summed E-state index contributed by atoms with van der Waals surface area (Å²) in [6.45, 7) is 2.39. The SMILES string of the molecule is CCCCN(C)S(=O)(=O)c1cc(Br)c[nH]c1=O. The fourth-order valence-corrected chi connectivity index (χ4v) is 3.07. The number of nitrogens with one attached hydrogen (secondary N) is 1. The highest BCUT2D eigenvalue weighted by Crippen LogP contribution is 2.14. The van der Waals surface area contributed by atoms with Crippen molar-refractivity contribution in [1.29, 1.82) is 0 Å². The molecule has 0 aromatic carbocycles. The van der Waals surface area contributed by atoms with E-state index < -0.39 is 15.6 Å². The number of nitrogens with zero attached hydrogens (tertiary/aromatic N) is 1. The van der Waals surface area contributed by atoms with E-state index in [9.17, 15) is 13.2 Å². The second-order valence-electron chi connectivity index (χ2n) is 3.69. The van der Waals surface area contributed by atoms with Crippen molar-refractivity contribution in [2.24, 2.45) is 0 Å². The number of rotatable bonds is 5. The molecule has 0 saturated carbocycles. The molecule has 0 amide bonds. The smallest absolute Gasteiger partial charge is 0.268 e. The first-order valence-electron chi connectivity index (χ1n) is 5.24. The quantitative estimate of drug-likeness (QED) is 0.894. The average molecular weight is 323 g/mol. The van der Waals surface area contributed by atoms with Gasteiger partial charge in [-0.1, -0.05) is 13.3 Å². The average Bonchev–Trinajstić information content (AvgIpc) is 2.28. The summed E-state index contributed by atoms with van der Waals surface area (Å²) in [5.74, 6) is 0. The summed E-state index contributed by atoms with van der Waals surface area (Å²) in [5.41, 5.74) is -0.600. The van der Waals surface area contributed by atoms with Gasteiger partial charge in [0.25, 0.3) is 5.56 Å². The van der Waals surface area contributed by atoms with Crippen LogP contribution >= 0.6 is 15.9 Å². The van der Waals surface area contributed by atoms with Gasteiger partial charge >= 0.3 is 0 Å². The molecule has 0 atom stereocenters. The van der Waals surface area contributed by atoms with Crippen LogP contribution < -0.4 is 5.56 Å². The third-order valence-electron chi connectivity index (χ3n) is 2.35. The zero-order valence-corrected chi connectivity index (χ0v) is 12.1. The number of sulfonamides is 1. The van der Waals surface area contributed by atoms with Crippen LogP contribution in [-0.4, -0.2) is 31.3 Å².